The lowest BCUT2D eigenvalue weighted by molar-refractivity contribution is 0.0602. The highest BCUT2D eigenvalue weighted by atomic mass is 19.2. The van der Waals surface area contributed by atoms with Gasteiger partial charge in [0.1, 0.15) is 0 Å². The highest BCUT2D eigenvalue weighted by Gasteiger charge is 2.28. The molecule has 0 N–H and O–H groups in total. The predicted molar refractivity (Wildman–Crippen MR) is 65.3 cm³/mol. The van der Waals surface area contributed by atoms with E-state index in [-0.39, 0.29) is 11.6 Å². The van der Waals surface area contributed by atoms with Gasteiger partial charge in [0, 0.05) is 12.6 Å². The van der Waals surface area contributed by atoms with Crippen LogP contribution in [0.3, 0.4) is 0 Å². The Morgan fingerprint density at radius 1 is 1.39 bits per heavy atom. The molecule has 2 rings (SSSR count). The van der Waals surface area contributed by atoms with Crippen molar-refractivity contribution in [3.8, 4) is 0 Å². The number of hydrogen-bond donors (Lipinski definition) is 0. The van der Waals surface area contributed by atoms with E-state index in [0.717, 1.165) is 31.7 Å². The van der Waals surface area contributed by atoms with Crippen LogP contribution in [-0.4, -0.2) is 23.4 Å². The number of likely N-dealkylation sites (tertiary alicyclic amines) is 1. The van der Waals surface area contributed by atoms with Crippen molar-refractivity contribution in [2.45, 2.75) is 38.6 Å². The number of benzene rings is 1. The van der Waals surface area contributed by atoms with E-state index in [1.807, 2.05) is 6.92 Å². The van der Waals surface area contributed by atoms with Crippen molar-refractivity contribution in [1.82, 2.24) is 4.90 Å². The number of hydrogen-bond acceptors (Lipinski definition) is 1. The Hall–Kier alpha value is -1.45. The van der Waals surface area contributed by atoms with E-state index in [1.165, 1.54) is 12.1 Å². The van der Waals surface area contributed by atoms with Crippen molar-refractivity contribution < 1.29 is 13.6 Å². The van der Waals surface area contributed by atoms with Gasteiger partial charge in [-0.2, -0.15) is 0 Å². The lowest BCUT2D eigenvalue weighted by Crippen LogP contribution is -2.43. The number of carbonyl (C=O) groups excluding carboxylic acids is 1. The maximum atomic E-state index is 13.6. The van der Waals surface area contributed by atoms with Crippen LogP contribution < -0.4 is 0 Å². The average Bonchev–Trinajstić information content (AvgIpc) is 2.41. The first kappa shape index (κ1) is 13.0. The molecule has 0 aliphatic carbocycles. The Kier molecular flexibility index (Phi) is 3.94. The van der Waals surface area contributed by atoms with Gasteiger partial charge < -0.3 is 4.90 Å². The molecule has 1 aromatic carbocycles. The summed E-state index contributed by atoms with van der Waals surface area (Å²) in [5.74, 6) is -2.40. The second-order valence-corrected chi connectivity index (χ2v) is 4.66. The number of rotatable bonds is 2. The SMILES string of the molecule is CCC1CCCCN1C(=O)c1cccc(F)c1F. The molecule has 1 amide bonds. The van der Waals surface area contributed by atoms with Crippen molar-refractivity contribution in [2.75, 3.05) is 6.54 Å². The number of halogens is 2. The summed E-state index contributed by atoms with van der Waals surface area (Å²) in [6, 6.07) is 3.90. The molecule has 0 saturated carbocycles. The molecule has 0 radical (unpaired) electrons. The molecule has 98 valence electrons. The van der Waals surface area contributed by atoms with Gasteiger partial charge in [0.05, 0.1) is 5.56 Å². The first-order valence-corrected chi connectivity index (χ1v) is 6.40. The van der Waals surface area contributed by atoms with Crippen LogP contribution in [0.25, 0.3) is 0 Å². The molecule has 0 aromatic heterocycles. The Labute approximate surface area is 106 Å². The van der Waals surface area contributed by atoms with Gasteiger partial charge in [-0.3, -0.25) is 4.79 Å². The van der Waals surface area contributed by atoms with Gasteiger partial charge in [0.15, 0.2) is 11.6 Å². The Balaban J connectivity index is 2.27. The minimum Gasteiger partial charge on any atom is -0.336 e. The fraction of sp³-hybridized carbons (Fsp3) is 0.500. The fourth-order valence-corrected chi connectivity index (χ4v) is 2.52. The summed E-state index contributed by atoms with van der Waals surface area (Å²) in [4.78, 5) is 13.9. The van der Waals surface area contributed by atoms with Gasteiger partial charge in [-0.25, -0.2) is 8.78 Å². The van der Waals surface area contributed by atoms with Gasteiger partial charge in [0.2, 0.25) is 0 Å². The molecule has 0 spiro atoms. The Bertz CT molecular complexity index is 447. The maximum Gasteiger partial charge on any atom is 0.257 e. The minimum atomic E-state index is -1.04. The van der Waals surface area contributed by atoms with Crippen LogP contribution in [0.1, 0.15) is 43.0 Å². The molecule has 1 heterocycles. The van der Waals surface area contributed by atoms with Crippen molar-refractivity contribution in [3.05, 3.63) is 35.4 Å². The summed E-state index contributed by atoms with van der Waals surface area (Å²) in [7, 11) is 0. The average molecular weight is 253 g/mol. The first-order chi connectivity index (χ1) is 8.65. The molecule has 4 heteroatoms. The van der Waals surface area contributed by atoms with Crippen molar-refractivity contribution in [3.63, 3.8) is 0 Å². The van der Waals surface area contributed by atoms with Crippen LogP contribution in [0.15, 0.2) is 18.2 Å². The third-order valence-electron chi connectivity index (χ3n) is 3.54. The zero-order chi connectivity index (χ0) is 13.1. The van der Waals surface area contributed by atoms with E-state index in [9.17, 15) is 13.6 Å². The predicted octanol–water partition coefficient (Wildman–Crippen LogP) is 3.37. The second-order valence-electron chi connectivity index (χ2n) is 4.66. The van der Waals surface area contributed by atoms with Crippen molar-refractivity contribution in [1.29, 1.82) is 0 Å². The standard InChI is InChI=1S/C14H17F2NO/c1-2-10-6-3-4-9-17(10)14(18)11-7-5-8-12(15)13(11)16/h5,7-8,10H,2-4,6,9H2,1H3. The first-order valence-electron chi connectivity index (χ1n) is 6.40. The van der Waals surface area contributed by atoms with Crippen LogP contribution >= 0.6 is 0 Å². The molecule has 1 atom stereocenters. The third-order valence-corrected chi connectivity index (χ3v) is 3.54. The molecule has 1 aromatic rings. The highest BCUT2D eigenvalue weighted by Crippen LogP contribution is 2.23. The number of piperidine rings is 1. The van der Waals surface area contributed by atoms with E-state index in [0.29, 0.717) is 6.54 Å². The van der Waals surface area contributed by atoms with Crippen LogP contribution in [-0.2, 0) is 0 Å². The molecule has 0 bridgehead atoms. The van der Waals surface area contributed by atoms with Gasteiger partial charge in [-0.15, -0.1) is 0 Å². The van der Waals surface area contributed by atoms with Gasteiger partial charge in [-0.05, 0) is 37.8 Å². The van der Waals surface area contributed by atoms with Crippen molar-refractivity contribution in [2.24, 2.45) is 0 Å². The summed E-state index contributed by atoms with van der Waals surface area (Å²) >= 11 is 0. The summed E-state index contributed by atoms with van der Waals surface area (Å²) in [5, 5.41) is 0. The van der Waals surface area contributed by atoms with Gasteiger partial charge in [-0.1, -0.05) is 13.0 Å². The van der Waals surface area contributed by atoms with E-state index in [2.05, 4.69) is 0 Å². The van der Waals surface area contributed by atoms with Crippen LogP contribution in [0.4, 0.5) is 8.78 Å². The molecule has 1 fully saturated rings. The zero-order valence-corrected chi connectivity index (χ0v) is 10.5. The van der Waals surface area contributed by atoms with Crippen LogP contribution in [0.2, 0.25) is 0 Å². The van der Waals surface area contributed by atoms with Crippen LogP contribution in [0, 0.1) is 11.6 Å². The molecule has 2 nitrogen and oxygen atoms in total. The molecule has 1 aliphatic heterocycles. The summed E-state index contributed by atoms with van der Waals surface area (Å²) in [6.45, 7) is 2.64. The van der Waals surface area contributed by atoms with Crippen LogP contribution in [0.5, 0.6) is 0 Å². The molecule has 1 unspecified atom stereocenters. The van der Waals surface area contributed by atoms with E-state index < -0.39 is 17.5 Å². The van der Waals surface area contributed by atoms with Crippen molar-refractivity contribution >= 4 is 5.91 Å². The lowest BCUT2D eigenvalue weighted by atomic mass is 9.99. The minimum absolute atomic E-state index is 0.147. The molecular formula is C14H17F2NO. The topological polar surface area (TPSA) is 20.3 Å². The Morgan fingerprint density at radius 3 is 2.89 bits per heavy atom. The molecule has 1 saturated heterocycles. The third kappa shape index (κ3) is 2.37. The normalized spacial score (nSPS) is 19.9. The summed E-state index contributed by atoms with van der Waals surface area (Å²) in [6.07, 6.45) is 3.81. The number of nitrogens with zero attached hydrogens (tertiary/aromatic N) is 1. The Morgan fingerprint density at radius 2 is 2.17 bits per heavy atom. The zero-order valence-electron chi connectivity index (χ0n) is 10.5. The van der Waals surface area contributed by atoms with E-state index in [4.69, 9.17) is 0 Å². The van der Waals surface area contributed by atoms with Gasteiger partial charge >= 0.3 is 0 Å². The largest absolute Gasteiger partial charge is 0.336 e. The number of amides is 1. The summed E-state index contributed by atoms with van der Waals surface area (Å²) < 4.78 is 26.8. The quantitative estimate of drug-likeness (QED) is 0.791. The molecular weight excluding hydrogens is 236 g/mol. The smallest absolute Gasteiger partial charge is 0.257 e. The molecule has 18 heavy (non-hydrogen) atoms. The van der Waals surface area contributed by atoms with E-state index >= 15 is 0 Å². The maximum absolute atomic E-state index is 13.6. The molecule has 1 aliphatic rings. The number of carbonyl (C=O) groups is 1. The van der Waals surface area contributed by atoms with Gasteiger partial charge in [0.25, 0.3) is 5.91 Å². The lowest BCUT2D eigenvalue weighted by Gasteiger charge is -2.35. The highest BCUT2D eigenvalue weighted by molar-refractivity contribution is 5.94. The monoisotopic (exact) mass is 253 g/mol. The summed E-state index contributed by atoms with van der Waals surface area (Å²) in [5.41, 5.74) is -0.157. The second kappa shape index (κ2) is 5.46. The van der Waals surface area contributed by atoms with E-state index in [1.54, 1.807) is 4.90 Å². The fourth-order valence-electron chi connectivity index (χ4n) is 2.52.